The first-order valence-corrected chi connectivity index (χ1v) is 14.9. The molecule has 1 aromatic heterocycles. The summed E-state index contributed by atoms with van der Waals surface area (Å²) >= 11 is 0. The van der Waals surface area contributed by atoms with Gasteiger partial charge in [-0.25, -0.2) is 9.59 Å². The summed E-state index contributed by atoms with van der Waals surface area (Å²) in [6, 6.07) is 12.7. The molecule has 0 radical (unpaired) electrons. The van der Waals surface area contributed by atoms with E-state index in [9.17, 15) is 14.7 Å². The molecule has 1 unspecified atom stereocenters. The first-order valence-electron chi connectivity index (χ1n) is 14.9. The highest BCUT2D eigenvalue weighted by molar-refractivity contribution is 5.99. The third kappa shape index (κ3) is 6.62. The maximum Gasteiger partial charge on any atom is 0.354 e. The Kier molecular flexibility index (Phi) is 9.91. The van der Waals surface area contributed by atoms with E-state index in [4.69, 9.17) is 37.6 Å². The van der Waals surface area contributed by atoms with E-state index in [1.54, 1.807) is 39.8 Å². The molecule has 1 N–H and O–H groups in total. The summed E-state index contributed by atoms with van der Waals surface area (Å²) in [4.78, 5) is 26.0. The molecule has 11 heteroatoms. The van der Waals surface area contributed by atoms with Gasteiger partial charge in [-0.05, 0) is 64.7 Å². The third-order valence-electron chi connectivity index (χ3n) is 7.90. The minimum absolute atomic E-state index is 0.0530. The molecule has 0 bridgehead atoms. The van der Waals surface area contributed by atoms with Gasteiger partial charge in [0.1, 0.15) is 30.1 Å². The molecule has 2 fully saturated rings. The molecule has 2 aliphatic heterocycles. The second-order valence-corrected chi connectivity index (χ2v) is 11.4. The highest BCUT2D eigenvalue weighted by Gasteiger charge is 2.52. The molecule has 0 amide bonds. The van der Waals surface area contributed by atoms with Crippen LogP contribution in [-0.4, -0.2) is 67.9 Å². The Bertz CT molecular complexity index is 1490. The number of esters is 1. The average molecular weight is 613 g/mol. The van der Waals surface area contributed by atoms with Gasteiger partial charge in [0.15, 0.2) is 23.7 Å². The number of hydrogen-bond acceptors (Lipinski definition) is 11. The van der Waals surface area contributed by atoms with Crippen LogP contribution in [0.1, 0.15) is 61.5 Å². The molecule has 5 rings (SSSR count). The minimum Gasteiger partial charge on any atom is -0.487 e. The number of fused-ring (bicyclic) bond motifs is 1. The zero-order valence-electron chi connectivity index (χ0n) is 25.7. The number of aliphatic hydroxyl groups excluding tert-OH is 1. The van der Waals surface area contributed by atoms with E-state index in [1.165, 1.54) is 7.11 Å². The number of ether oxygens (including phenoxy) is 7. The predicted octanol–water partition coefficient (Wildman–Crippen LogP) is 4.66. The topological polar surface area (TPSA) is 132 Å². The van der Waals surface area contributed by atoms with Crippen molar-refractivity contribution >= 4 is 16.9 Å². The zero-order valence-corrected chi connectivity index (χ0v) is 25.7. The van der Waals surface area contributed by atoms with Crippen LogP contribution in [0.2, 0.25) is 0 Å². The lowest BCUT2D eigenvalue weighted by Gasteiger charge is -2.48. The van der Waals surface area contributed by atoms with Crippen molar-refractivity contribution in [1.29, 1.82) is 0 Å². The molecule has 11 nitrogen and oxygen atoms in total. The third-order valence-corrected chi connectivity index (χ3v) is 7.90. The number of carbonyl (C=O) groups excluding carboxylic acids is 1. The Morgan fingerprint density at radius 1 is 1.11 bits per heavy atom. The molecule has 3 aromatic rings. The van der Waals surface area contributed by atoms with E-state index in [0.29, 0.717) is 29.7 Å². The Morgan fingerprint density at radius 2 is 1.89 bits per heavy atom. The highest BCUT2D eigenvalue weighted by Crippen LogP contribution is 2.39. The fraction of sp³-hybridized carbons (Fsp3) is 0.515. The first-order chi connectivity index (χ1) is 21.1. The predicted molar refractivity (Wildman–Crippen MR) is 159 cm³/mol. The van der Waals surface area contributed by atoms with Gasteiger partial charge in [0.2, 0.25) is 6.29 Å². The molecule has 0 saturated carbocycles. The molecule has 2 aliphatic rings. The molecule has 0 aliphatic carbocycles. The smallest absolute Gasteiger partial charge is 0.354 e. The monoisotopic (exact) mass is 612 g/mol. The summed E-state index contributed by atoms with van der Waals surface area (Å²) in [6.45, 7) is 7.70. The summed E-state index contributed by atoms with van der Waals surface area (Å²) in [6.07, 6.45) is -1.79. The molecule has 3 heterocycles. The molecule has 238 valence electrons. The van der Waals surface area contributed by atoms with E-state index >= 15 is 0 Å². The second kappa shape index (κ2) is 13.7. The van der Waals surface area contributed by atoms with Crippen molar-refractivity contribution in [2.24, 2.45) is 0 Å². The second-order valence-electron chi connectivity index (χ2n) is 11.4. The first kappa shape index (κ1) is 31.9. The lowest BCUT2D eigenvalue weighted by atomic mass is 9.89. The van der Waals surface area contributed by atoms with Crippen LogP contribution in [0.25, 0.3) is 11.0 Å². The summed E-state index contributed by atoms with van der Waals surface area (Å²) in [5.74, 6) is -0.466. The lowest BCUT2D eigenvalue weighted by Crippen LogP contribution is -2.65. The van der Waals surface area contributed by atoms with Crippen LogP contribution in [0, 0.1) is 6.92 Å². The molecule has 2 aromatic carbocycles. The molecular formula is C33H40O11. The van der Waals surface area contributed by atoms with Gasteiger partial charge in [-0.3, -0.25) is 0 Å². The van der Waals surface area contributed by atoms with Gasteiger partial charge in [0, 0.05) is 19.3 Å². The molecule has 2 saturated heterocycles. The van der Waals surface area contributed by atoms with Crippen molar-refractivity contribution in [2.45, 2.75) is 90.1 Å². The Morgan fingerprint density at radius 3 is 2.57 bits per heavy atom. The SMILES string of the molecule is CCOC(=O)c1c(OCc2ccccc2)c2ccc(O[C@@H]3OC(C)(C)[C@H](OC)[C@H](O)[C@H]3OC3CCCCO3)c(C)c2oc1=O. The van der Waals surface area contributed by atoms with E-state index in [1.807, 2.05) is 30.3 Å². The number of benzene rings is 2. The van der Waals surface area contributed by atoms with Crippen molar-refractivity contribution in [2.75, 3.05) is 20.3 Å². The Hall–Kier alpha value is -3.48. The van der Waals surface area contributed by atoms with Crippen LogP contribution in [0.3, 0.4) is 0 Å². The maximum atomic E-state index is 13.2. The minimum atomic E-state index is -1.09. The van der Waals surface area contributed by atoms with E-state index in [0.717, 1.165) is 18.4 Å². The number of rotatable bonds is 10. The number of carbonyl (C=O) groups is 1. The summed E-state index contributed by atoms with van der Waals surface area (Å²) in [7, 11) is 1.51. The largest absolute Gasteiger partial charge is 0.487 e. The van der Waals surface area contributed by atoms with E-state index in [-0.39, 0.29) is 30.1 Å². The van der Waals surface area contributed by atoms with Crippen molar-refractivity contribution in [3.63, 3.8) is 0 Å². The van der Waals surface area contributed by atoms with Crippen molar-refractivity contribution in [3.8, 4) is 11.5 Å². The summed E-state index contributed by atoms with van der Waals surface area (Å²) in [5.41, 5.74) is -0.688. The van der Waals surface area contributed by atoms with E-state index in [2.05, 4.69) is 0 Å². The Balaban J connectivity index is 1.52. The molecular weight excluding hydrogens is 572 g/mol. The van der Waals surface area contributed by atoms with Crippen LogP contribution in [0.4, 0.5) is 0 Å². The fourth-order valence-corrected chi connectivity index (χ4v) is 5.70. The van der Waals surface area contributed by atoms with Gasteiger partial charge in [0.25, 0.3) is 0 Å². The summed E-state index contributed by atoms with van der Waals surface area (Å²) in [5, 5.41) is 11.7. The maximum absolute atomic E-state index is 13.2. The van der Waals surface area contributed by atoms with Crippen LogP contribution in [0.15, 0.2) is 51.7 Å². The molecule has 44 heavy (non-hydrogen) atoms. The van der Waals surface area contributed by atoms with E-state index < -0.39 is 48.1 Å². The van der Waals surface area contributed by atoms with Crippen LogP contribution >= 0.6 is 0 Å². The van der Waals surface area contributed by atoms with Gasteiger partial charge in [-0.2, -0.15) is 0 Å². The van der Waals surface area contributed by atoms with Crippen molar-refractivity contribution < 1.29 is 47.5 Å². The number of aliphatic hydroxyl groups is 1. The standard InChI is InChI=1S/C33H40O11/c1-6-38-30(35)24-27(40-18-20-12-8-7-9-13-20)21-15-16-22(19(2)26(21)43-31(24)36)41-32-28(42-23-14-10-11-17-39-23)25(34)29(37-5)33(3,4)44-32/h7-9,12-13,15-16,23,25,28-29,32,34H,6,10-11,14,17-18H2,1-5H3/t23?,25-,28-,29-,32-/m1/s1. The molecule has 0 spiro atoms. The van der Waals surface area contributed by atoms with Crippen LogP contribution in [-0.2, 0) is 30.3 Å². The Labute approximate surface area is 255 Å². The van der Waals surface area contributed by atoms with Crippen LogP contribution in [0.5, 0.6) is 11.5 Å². The van der Waals surface area contributed by atoms with Gasteiger partial charge in [-0.1, -0.05) is 30.3 Å². The normalized spacial score (nSPS) is 25.0. The number of hydrogen-bond donors (Lipinski definition) is 1. The van der Waals surface area contributed by atoms with Crippen LogP contribution < -0.4 is 15.1 Å². The fourth-order valence-electron chi connectivity index (χ4n) is 5.70. The average Bonchev–Trinajstić information content (AvgIpc) is 3.00. The quantitative estimate of drug-likeness (QED) is 0.253. The number of aryl methyl sites for hydroxylation is 1. The summed E-state index contributed by atoms with van der Waals surface area (Å²) < 4.78 is 47.2. The van der Waals surface area contributed by atoms with Gasteiger partial charge in [0.05, 0.1) is 17.6 Å². The van der Waals surface area contributed by atoms with Gasteiger partial charge < -0.3 is 42.7 Å². The molecule has 5 atom stereocenters. The zero-order chi connectivity index (χ0) is 31.4. The van der Waals surface area contributed by atoms with Crippen molar-refractivity contribution in [1.82, 2.24) is 0 Å². The van der Waals surface area contributed by atoms with Gasteiger partial charge >= 0.3 is 11.6 Å². The van der Waals surface area contributed by atoms with Gasteiger partial charge in [-0.15, -0.1) is 0 Å². The lowest BCUT2D eigenvalue weighted by molar-refractivity contribution is -0.339. The highest BCUT2D eigenvalue weighted by atomic mass is 16.7. The van der Waals surface area contributed by atoms with Crippen molar-refractivity contribution in [3.05, 3.63) is 69.6 Å². The number of methoxy groups -OCH3 is 1.